The van der Waals surface area contributed by atoms with Crippen LogP contribution in [0.4, 0.5) is 33.3 Å². The summed E-state index contributed by atoms with van der Waals surface area (Å²) < 4.78 is 73.2. The van der Waals surface area contributed by atoms with E-state index < -0.39 is 47.7 Å². The number of hydrogen-bond acceptors (Lipinski definition) is 6. The van der Waals surface area contributed by atoms with E-state index in [2.05, 4.69) is 16.0 Å². The van der Waals surface area contributed by atoms with E-state index in [1.54, 1.807) is 11.0 Å². The number of carbonyl (C=O) groups excluding carboxylic acids is 2. The van der Waals surface area contributed by atoms with Crippen LogP contribution in [0.2, 0.25) is 5.02 Å². The molecule has 0 spiro atoms. The highest BCUT2D eigenvalue weighted by Crippen LogP contribution is 2.32. The number of ether oxygens (including phenoxy) is 1. The van der Waals surface area contributed by atoms with Gasteiger partial charge in [-0.3, -0.25) is 14.5 Å². The Hall–Kier alpha value is -3.00. The van der Waals surface area contributed by atoms with Crippen molar-refractivity contribution in [2.45, 2.75) is 38.2 Å². The molecule has 2 heterocycles. The summed E-state index contributed by atoms with van der Waals surface area (Å²) >= 11 is 6.19. The molecule has 8 nitrogen and oxygen atoms in total. The third kappa shape index (κ3) is 8.06. The smallest absolute Gasteiger partial charge is 0.367 e. The van der Waals surface area contributed by atoms with Crippen molar-refractivity contribution < 1.29 is 36.3 Å². The van der Waals surface area contributed by atoms with Crippen molar-refractivity contribution >= 4 is 34.8 Å². The lowest BCUT2D eigenvalue weighted by molar-refractivity contribution is -0.139. The molecule has 4 rings (SSSR count). The Kier molecular flexibility index (Phi) is 10.1. The van der Waals surface area contributed by atoms with Gasteiger partial charge in [-0.25, -0.2) is 8.78 Å². The van der Waals surface area contributed by atoms with Gasteiger partial charge in [0.1, 0.15) is 6.10 Å². The number of morpholine rings is 1. The average molecular weight is 604 g/mol. The van der Waals surface area contributed by atoms with Crippen LogP contribution in [0.25, 0.3) is 0 Å². The molecular weight excluding hydrogens is 573 g/mol. The SMILES string of the molecule is C[C@@H]1CN(c2cc(Cl)ccc2NC(=O)c2ccc(CNC(=O)C3CNCCO3)c(F)c2F)CCN1CCC(F)(F)F. The van der Waals surface area contributed by atoms with Crippen LogP contribution >= 0.6 is 11.6 Å². The number of alkyl halides is 3. The van der Waals surface area contributed by atoms with Crippen molar-refractivity contribution in [3.63, 3.8) is 0 Å². The molecular formula is C27H31ClF5N5O3. The second-order valence-electron chi connectivity index (χ2n) is 9.99. The normalized spacial score (nSPS) is 20.1. The van der Waals surface area contributed by atoms with Gasteiger partial charge in [0.15, 0.2) is 11.6 Å². The predicted molar refractivity (Wildman–Crippen MR) is 144 cm³/mol. The summed E-state index contributed by atoms with van der Waals surface area (Å²) in [5.74, 6) is -4.00. The van der Waals surface area contributed by atoms with Crippen LogP contribution in [0.3, 0.4) is 0 Å². The molecule has 0 bridgehead atoms. The lowest BCUT2D eigenvalue weighted by Gasteiger charge is -2.41. The maximum absolute atomic E-state index is 15.0. The van der Waals surface area contributed by atoms with Crippen molar-refractivity contribution in [2.75, 3.05) is 56.1 Å². The van der Waals surface area contributed by atoms with Crippen LogP contribution < -0.4 is 20.9 Å². The van der Waals surface area contributed by atoms with Crippen LogP contribution in [0.1, 0.15) is 29.3 Å². The first-order chi connectivity index (χ1) is 19.4. The van der Waals surface area contributed by atoms with E-state index in [-0.39, 0.29) is 30.4 Å². The van der Waals surface area contributed by atoms with Gasteiger partial charge in [0.25, 0.3) is 11.8 Å². The second-order valence-corrected chi connectivity index (χ2v) is 10.4. The number of benzene rings is 2. The highest BCUT2D eigenvalue weighted by Gasteiger charge is 2.32. The van der Waals surface area contributed by atoms with Gasteiger partial charge >= 0.3 is 6.18 Å². The summed E-state index contributed by atoms with van der Waals surface area (Å²) in [6, 6.07) is 6.79. The van der Waals surface area contributed by atoms with Crippen LogP contribution in [0, 0.1) is 11.6 Å². The summed E-state index contributed by atoms with van der Waals surface area (Å²) in [5.41, 5.74) is 0.116. The number of hydrogen-bond donors (Lipinski definition) is 3. The van der Waals surface area contributed by atoms with Gasteiger partial charge in [-0.2, -0.15) is 13.2 Å². The molecule has 41 heavy (non-hydrogen) atoms. The average Bonchev–Trinajstić information content (AvgIpc) is 2.93. The maximum Gasteiger partial charge on any atom is 0.390 e. The Bertz CT molecular complexity index is 1260. The van der Waals surface area contributed by atoms with Crippen molar-refractivity contribution in [2.24, 2.45) is 0 Å². The Morgan fingerprint density at radius 1 is 1.15 bits per heavy atom. The fourth-order valence-electron chi connectivity index (χ4n) is 4.81. The molecule has 2 aromatic rings. The van der Waals surface area contributed by atoms with E-state index in [1.807, 2.05) is 11.8 Å². The predicted octanol–water partition coefficient (Wildman–Crippen LogP) is 3.94. The molecule has 1 unspecified atom stereocenters. The molecule has 14 heteroatoms. The standard InChI is InChI=1S/C27H31ClF5N5O3/c1-16-15-38(10-9-37(16)8-6-27(31,32)33)21-12-18(28)3-5-20(21)36-25(39)19-4-2-17(23(29)24(19)30)13-35-26(40)22-14-34-7-11-41-22/h2-5,12,16,22,34H,6-11,13-15H2,1H3,(H,35,40)(H,36,39)/t16-,22?/m1/s1. The maximum atomic E-state index is 15.0. The summed E-state index contributed by atoms with van der Waals surface area (Å²) in [4.78, 5) is 28.9. The van der Waals surface area contributed by atoms with Crippen molar-refractivity contribution in [3.05, 3.63) is 58.1 Å². The van der Waals surface area contributed by atoms with Crippen molar-refractivity contribution in [1.82, 2.24) is 15.5 Å². The topological polar surface area (TPSA) is 85.9 Å². The Morgan fingerprint density at radius 3 is 2.61 bits per heavy atom. The van der Waals surface area contributed by atoms with Gasteiger partial charge in [0, 0.05) is 62.4 Å². The summed E-state index contributed by atoms with van der Waals surface area (Å²) in [6.45, 7) is 3.78. The van der Waals surface area contributed by atoms with Gasteiger partial charge in [0.2, 0.25) is 0 Å². The lowest BCUT2D eigenvalue weighted by atomic mass is 10.1. The minimum Gasteiger partial charge on any atom is -0.367 e. The first-order valence-corrected chi connectivity index (χ1v) is 13.5. The molecule has 2 atom stereocenters. The van der Waals surface area contributed by atoms with Gasteiger partial charge < -0.3 is 25.6 Å². The Morgan fingerprint density at radius 2 is 1.93 bits per heavy atom. The van der Waals surface area contributed by atoms with Gasteiger partial charge in [-0.15, -0.1) is 0 Å². The molecule has 2 saturated heterocycles. The third-order valence-electron chi connectivity index (χ3n) is 7.08. The zero-order valence-corrected chi connectivity index (χ0v) is 23.0. The number of piperazine rings is 1. The number of nitrogens with one attached hydrogen (secondary N) is 3. The van der Waals surface area contributed by atoms with Gasteiger partial charge in [0.05, 0.1) is 30.0 Å². The molecule has 2 aromatic carbocycles. The molecule has 0 radical (unpaired) electrons. The molecule has 2 amide bonds. The summed E-state index contributed by atoms with van der Waals surface area (Å²) in [6.07, 6.45) is -5.89. The van der Waals surface area contributed by atoms with Gasteiger partial charge in [-0.05, 0) is 31.2 Å². The molecule has 0 saturated carbocycles. The van der Waals surface area contributed by atoms with E-state index in [9.17, 15) is 31.5 Å². The number of nitrogens with zero attached hydrogens (tertiary/aromatic N) is 2. The van der Waals surface area contributed by atoms with Gasteiger partial charge in [-0.1, -0.05) is 17.7 Å². The fraction of sp³-hybridized carbons (Fsp3) is 0.481. The van der Waals surface area contributed by atoms with Crippen LogP contribution in [0.15, 0.2) is 30.3 Å². The van der Waals surface area contributed by atoms with Crippen LogP contribution in [0.5, 0.6) is 0 Å². The minimum atomic E-state index is -4.25. The monoisotopic (exact) mass is 603 g/mol. The molecule has 2 aliphatic rings. The molecule has 2 fully saturated rings. The third-order valence-corrected chi connectivity index (χ3v) is 7.31. The Balaban J connectivity index is 1.43. The van der Waals surface area contributed by atoms with E-state index >= 15 is 0 Å². The Labute approximate surface area is 239 Å². The quantitative estimate of drug-likeness (QED) is 0.397. The number of amides is 2. The number of halogens is 6. The number of anilines is 2. The highest BCUT2D eigenvalue weighted by atomic mass is 35.5. The van der Waals surface area contributed by atoms with E-state index in [4.69, 9.17) is 16.3 Å². The second kappa shape index (κ2) is 13.3. The summed E-state index contributed by atoms with van der Waals surface area (Å²) in [5, 5.41) is 8.48. The molecule has 0 aromatic heterocycles. The zero-order valence-electron chi connectivity index (χ0n) is 22.3. The lowest BCUT2D eigenvalue weighted by Crippen LogP contribution is -2.52. The van der Waals surface area contributed by atoms with E-state index in [0.717, 1.165) is 6.07 Å². The zero-order chi connectivity index (χ0) is 29.7. The van der Waals surface area contributed by atoms with Crippen molar-refractivity contribution in [1.29, 1.82) is 0 Å². The summed E-state index contributed by atoms with van der Waals surface area (Å²) in [7, 11) is 0. The van der Waals surface area contributed by atoms with Crippen LogP contribution in [-0.4, -0.2) is 80.9 Å². The highest BCUT2D eigenvalue weighted by molar-refractivity contribution is 6.31. The number of carbonyl (C=O) groups is 2. The van der Waals surface area contributed by atoms with E-state index in [1.165, 1.54) is 18.2 Å². The number of rotatable bonds is 8. The largest absolute Gasteiger partial charge is 0.390 e. The molecule has 3 N–H and O–H groups in total. The minimum absolute atomic E-state index is 0.117. The fourth-order valence-corrected chi connectivity index (χ4v) is 4.98. The van der Waals surface area contributed by atoms with Crippen LogP contribution in [-0.2, 0) is 16.1 Å². The first kappa shape index (κ1) is 30.9. The van der Waals surface area contributed by atoms with E-state index in [0.29, 0.717) is 50.0 Å². The molecule has 224 valence electrons. The van der Waals surface area contributed by atoms with Crippen molar-refractivity contribution in [3.8, 4) is 0 Å². The first-order valence-electron chi connectivity index (χ1n) is 13.2. The molecule has 2 aliphatic heterocycles. The molecule has 0 aliphatic carbocycles.